The maximum absolute atomic E-state index is 12.4. The molecule has 0 heterocycles. The molecule has 3 aromatic carbocycles. The number of fused-ring (bicyclic) bond motifs is 3. The predicted molar refractivity (Wildman–Crippen MR) is 113 cm³/mol. The minimum Gasteiger partial charge on any atom is -0.492 e. The fourth-order valence-electron chi connectivity index (χ4n) is 3.53. The van der Waals surface area contributed by atoms with Crippen LogP contribution >= 0.6 is 0 Å². The molecule has 28 heavy (non-hydrogen) atoms. The number of hydrogen-bond donors (Lipinski definition) is 1. The van der Waals surface area contributed by atoms with Crippen LogP contribution in [0.3, 0.4) is 0 Å². The third-order valence-electron chi connectivity index (χ3n) is 5.02. The van der Waals surface area contributed by atoms with Crippen LogP contribution in [0.2, 0.25) is 0 Å². The fraction of sp³-hybridized carbons (Fsp3) is 0.217. The van der Waals surface area contributed by atoms with Crippen molar-refractivity contribution in [3.05, 3.63) is 83.4 Å². The molecule has 4 rings (SSSR count). The van der Waals surface area contributed by atoms with Gasteiger partial charge in [-0.2, -0.15) is 0 Å². The van der Waals surface area contributed by atoms with E-state index in [0.29, 0.717) is 11.4 Å². The van der Waals surface area contributed by atoms with Gasteiger partial charge in [-0.25, -0.2) is 8.42 Å². The lowest BCUT2D eigenvalue weighted by Gasteiger charge is -2.11. The number of ether oxygens (including phenoxy) is 1. The largest absolute Gasteiger partial charge is 0.492 e. The number of sulfonamides is 1. The summed E-state index contributed by atoms with van der Waals surface area (Å²) in [5, 5.41) is 0. The smallest absolute Gasteiger partial charge is 0.236 e. The Hall–Kier alpha value is -2.79. The third-order valence-corrected chi connectivity index (χ3v) is 6.27. The topological polar surface area (TPSA) is 55.4 Å². The van der Waals surface area contributed by atoms with Gasteiger partial charge >= 0.3 is 0 Å². The van der Waals surface area contributed by atoms with Gasteiger partial charge in [-0.3, -0.25) is 4.72 Å². The van der Waals surface area contributed by atoms with Gasteiger partial charge in [0.2, 0.25) is 10.0 Å². The summed E-state index contributed by atoms with van der Waals surface area (Å²) in [4.78, 5) is 0. The van der Waals surface area contributed by atoms with Crippen LogP contribution in [0.4, 0.5) is 5.69 Å². The first-order valence-corrected chi connectivity index (χ1v) is 11.1. The number of aryl methyl sites for hydroxylation is 1. The molecule has 1 aliphatic rings. The van der Waals surface area contributed by atoms with Gasteiger partial charge in [-0.15, -0.1) is 0 Å². The molecule has 0 radical (unpaired) electrons. The first kappa shape index (κ1) is 18.6. The second kappa shape index (κ2) is 7.68. The summed E-state index contributed by atoms with van der Waals surface area (Å²) in [7, 11) is -3.48. The standard InChI is InChI=1S/C23H23NO3S/c1-2-17-7-10-21(11-8-17)27-13-14-28(25,26)24-20-9-12-23-19(16-20)15-18-5-3-4-6-22(18)23/h3-12,16,24H,2,13-15H2,1H3. The van der Waals surface area contributed by atoms with E-state index in [1.54, 1.807) is 0 Å². The van der Waals surface area contributed by atoms with Gasteiger partial charge in [0.25, 0.3) is 0 Å². The molecule has 0 bridgehead atoms. The van der Waals surface area contributed by atoms with E-state index < -0.39 is 10.0 Å². The minimum atomic E-state index is -3.48. The Morgan fingerprint density at radius 1 is 0.929 bits per heavy atom. The highest BCUT2D eigenvalue weighted by molar-refractivity contribution is 7.92. The van der Waals surface area contributed by atoms with E-state index in [-0.39, 0.29) is 12.4 Å². The quantitative estimate of drug-likeness (QED) is 0.498. The highest BCUT2D eigenvalue weighted by atomic mass is 32.2. The van der Waals surface area contributed by atoms with E-state index in [4.69, 9.17) is 4.74 Å². The Morgan fingerprint density at radius 2 is 1.68 bits per heavy atom. The summed E-state index contributed by atoms with van der Waals surface area (Å²) < 4.78 is 33.1. The lowest BCUT2D eigenvalue weighted by Crippen LogP contribution is -2.21. The van der Waals surface area contributed by atoms with E-state index in [2.05, 4.69) is 23.8 Å². The van der Waals surface area contributed by atoms with Crippen LogP contribution in [0.15, 0.2) is 66.7 Å². The highest BCUT2D eigenvalue weighted by Crippen LogP contribution is 2.37. The summed E-state index contributed by atoms with van der Waals surface area (Å²) in [5.41, 5.74) is 6.65. The van der Waals surface area contributed by atoms with Gasteiger partial charge in [-0.05, 0) is 64.9 Å². The highest BCUT2D eigenvalue weighted by Gasteiger charge is 2.19. The third kappa shape index (κ3) is 4.04. The van der Waals surface area contributed by atoms with Crippen LogP contribution in [0.1, 0.15) is 23.6 Å². The number of hydrogen-bond acceptors (Lipinski definition) is 3. The van der Waals surface area contributed by atoms with E-state index in [9.17, 15) is 8.42 Å². The van der Waals surface area contributed by atoms with Gasteiger partial charge in [0.1, 0.15) is 18.1 Å². The van der Waals surface area contributed by atoms with Crippen molar-refractivity contribution in [3.8, 4) is 16.9 Å². The van der Waals surface area contributed by atoms with Gasteiger partial charge in [0.15, 0.2) is 0 Å². The Balaban J connectivity index is 1.37. The maximum atomic E-state index is 12.4. The van der Waals surface area contributed by atoms with Crippen LogP contribution in [0.25, 0.3) is 11.1 Å². The molecule has 0 saturated heterocycles. The van der Waals surface area contributed by atoms with Crippen molar-refractivity contribution >= 4 is 15.7 Å². The van der Waals surface area contributed by atoms with Crippen molar-refractivity contribution in [2.24, 2.45) is 0 Å². The Morgan fingerprint density at radius 3 is 2.46 bits per heavy atom. The van der Waals surface area contributed by atoms with Crippen molar-refractivity contribution in [1.29, 1.82) is 0 Å². The zero-order valence-electron chi connectivity index (χ0n) is 15.8. The summed E-state index contributed by atoms with van der Waals surface area (Å²) in [6.07, 6.45) is 1.79. The first-order valence-electron chi connectivity index (χ1n) is 9.47. The average molecular weight is 394 g/mol. The van der Waals surface area contributed by atoms with Gasteiger partial charge in [0, 0.05) is 5.69 Å². The van der Waals surface area contributed by atoms with Crippen LogP contribution in [-0.4, -0.2) is 20.8 Å². The molecule has 0 saturated carbocycles. The molecule has 144 valence electrons. The number of anilines is 1. The normalized spacial score (nSPS) is 12.3. The van der Waals surface area contributed by atoms with Crippen molar-refractivity contribution in [2.45, 2.75) is 19.8 Å². The Labute approximate surface area is 166 Å². The van der Waals surface area contributed by atoms with Gasteiger partial charge < -0.3 is 4.74 Å². The molecule has 5 heteroatoms. The molecule has 0 unspecified atom stereocenters. The maximum Gasteiger partial charge on any atom is 0.236 e. The van der Waals surface area contributed by atoms with Crippen molar-refractivity contribution in [2.75, 3.05) is 17.1 Å². The number of benzene rings is 3. The van der Waals surface area contributed by atoms with E-state index >= 15 is 0 Å². The number of rotatable bonds is 7. The molecule has 1 N–H and O–H groups in total. The van der Waals surface area contributed by atoms with Crippen molar-refractivity contribution < 1.29 is 13.2 Å². The summed E-state index contributed by atoms with van der Waals surface area (Å²) in [5.74, 6) is 0.586. The monoisotopic (exact) mass is 393 g/mol. The van der Waals surface area contributed by atoms with E-state index in [1.165, 1.54) is 22.3 Å². The van der Waals surface area contributed by atoms with Crippen LogP contribution in [-0.2, 0) is 22.9 Å². The molecular formula is C23H23NO3S. The molecule has 0 aromatic heterocycles. The predicted octanol–water partition coefficient (Wildman–Crippen LogP) is 4.64. The van der Waals surface area contributed by atoms with E-state index in [0.717, 1.165) is 18.4 Å². The molecule has 0 fully saturated rings. The lowest BCUT2D eigenvalue weighted by molar-refractivity contribution is 0.341. The lowest BCUT2D eigenvalue weighted by atomic mass is 10.1. The summed E-state index contributed by atoms with van der Waals surface area (Å²) in [6, 6.07) is 21.7. The molecule has 0 atom stereocenters. The van der Waals surface area contributed by atoms with Crippen molar-refractivity contribution in [1.82, 2.24) is 0 Å². The summed E-state index contributed by atoms with van der Waals surface area (Å²) >= 11 is 0. The molecule has 1 aliphatic carbocycles. The minimum absolute atomic E-state index is 0.0974. The van der Waals surface area contributed by atoms with Crippen LogP contribution in [0.5, 0.6) is 5.75 Å². The zero-order valence-corrected chi connectivity index (χ0v) is 16.6. The average Bonchev–Trinajstić information content (AvgIpc) is 3.05. The van der Waals surface area contributed by atoms with Crippen molar-refractivity contribution in [3.63, 3.8) is 0 Å². The molecular weight excluding hydrogens is 370 g/mol. The fourth-order valence-corrected chi connectivity index (χ4v) is 4.42. The Kier molecular flexibility index (Phi) is 5.09. The molecule has 0 spiro atoms. The van der Waals surface area contributed by atoms with Gasteiger partial charge in [0.05, 0.1) is 0 Å². The van der Waals surface area contributed by atoms with Gasteiger partial charge in [-0.1, -0.05) is 49.4 Å². The van der Waals surface area contributed by atoms with Crippen LogP contribution in [0, 0.1) is 0 Å². The second-order valence-electron chi connectivity index (χ2n) is 6.97. The summed E-state index contributed by atoms with van der Waals surface area (Å²) in [6.45, 7) is 2.20. The first-order chi connectivity index (χ1) is 13.5. The molecule has 4 nitrogen and oxygen atoms in total. The zero-order chi connectivity index (χ0) is 19.6. The Bertz CT molecular complexity index is 1090. The molecule has 0 aliphatic heterocycles. The molecule has 0 amide bonds. The second-order valence-corrected chi connectivity index (χ2v) is 8.81. The molecule has 3 aromatic rings. The SMILES string of the molecule is CCc1ccc(OCCS(=O)(=O)Nc2ccc3c(c2)Cc2ccccc2-3)cc1. The number of nitrogens with one attached hydrogen (secondary N) is 1. The van der Waals surface area contributed by atoms with Crippen LogP contribution < -0.4 is 9.46 Å². The van der Waals surface area contributed by atoms with E-state index in [1.807, 2.05) is 54.6 Å².